The maximum Gasteiger partial charge on any atom is 0.0360 e. The molecule has 2 heterocycles. The van der Waals surface area contributed by atoms with E-state index in [-0.39, 0.29) is 0 Å². The van der Waals surface area contributed by atoms with Crippen molar-refractivity contribution in [3.05, 3.63) is 11.3 Å². The van der Waals surface area contributed by atoms with Gasteiger partial charge in [0, 0.05) is 41.8 Å². The lowest BCUT2D eigenvalue weighted by molar-refractivity contribution is -0.00337. The number of rotatable bonds is 4. The maximum absolute atomic E-state index is 3.40. The Hall–Kier alpha value is -0.500. The Kier molecular flexibility index (Phi) is 9.25. The lowest BCUT2D eigenvalue weighted by atomic mass is 9.59. The standard InChI is InChI=1S/C46H74N2/c1-2-12-31(13-3-1)32-24-26-35(27-25-32)47-41-22-8-6-19-39(41)45-43(47)28-29-44-46(45)40-20-7-9-23-42(40)48(44)36-17-10-16-34(30-36)38-21-11-15-33-14-4-5-18-37(33)38/h31-38,40,42-46H,1-30H2. The number of fused-ring (bicyclic) bond motifs is 7. The molecule has 2 aliphatic heterocycles. The second-order valence-electron chi connectivity index (χ2n) is 20.2. The van der Waals surface area contributed by atoms with Crippen LogP contribution in [0.2, 0.25) is 0 Å². The summed E-state index contributed by atoms with van der Waals surface area (Å²) in [5, 5.41) is 0. The Bertz CT molecular complexity index is 1140. The van der Waals surface area contributed by atoms with Gasteiger partial charge in [-0.15, -0.1) is 0 Å². The van der Waals surface area contributed by atoms with Crippen LogP contribution in [0.4, 0.5) is 0 Å². The van der Waals surface area contributed by atoms with Gasteiger partial charge in [-0.25, -0.2) is 0 Å². The van der Waals surface area contributed by atoms with Gasteiger partial charge in [0.25, 0.3) is 0 Å². The molecule has 7 saturated carbocycles. The zero-order valence-corrected chi connectivity index (χ0v) is 31.2. The fraction of sp³-hybridized carbons (Fsp3) is 0.957. The van der Waals surface area contributed by atoms with Crippen molar-refractivity contribution in [2.45, 2.75) is 223 Å². The largest absolute Gasteiger partial charge is 0.368 e. The number of allylic oxidation sites excluding steroid dienone is 1. The molecule has 0 aromatic carbocycles. The molecule has 0 spiro atoms. The molecule has 8 fully saturated rings. The fourth-order valence-corrected chi connectivity index (χ4v) is 16.8. The Morgan fingerprint density at radius 2 is 1.00 bits per heavy atom. The number of hydrogen-bond acceptors (Lipinski definition) is 2. The zero-order valence-electron chi connectivity index (χ0n) is 31.2. The lowest BCUT2D eigenvalue weighted by Crippen LogP contribution is -2.53. The molecule has 0 N–H and O–H groups in total. The maximum atomic E-state index is 3.40. The third-order valence-corrected chi connectivity index (χ3v) is 18.4. The van der Waals surface area contributed by atoms with Gasteiger partial charge in [0.2, 0.25) is 0 Å². The second-order valence-corrected chi connectivity index (χ2v) is 20.2. The van der Waals surface area contributed by atoms with Crippen molar-refractivity contribution in [3.63, 3.8) is 0 Å². The molecular weight excluding hydrogens is 581 g/mol. The van der Waals surface area contributed by atoms with Gasteiger partial charge in [0.1, 0.15) is 0 Å². The van der Waals surface area contributed by atoms with Gasteiger partial charge in [-0.1, -0.05) is 89.9 Å². The van der Waals surface area contributed by atoms with E-state index in [2.05, 4.69) is 15.4 Å². The van der Waals surface area contributed by atoms with Crippen molar-refractivity contribution in [2.24, 2.45) is 53.3 Å². The summed E-state index contributed by atoms with van der Waals surface area (Å²) in [5.74, 6) is 9.48. The third kappa shape index (κ3) is 5.54. The topological polar surface area (TPSA) is 6.48 Å². The first-order chi connectivity index (χ1) is 23.8. The van der Waals surface area contributed by atoms with E-state index in [0.29, 0.717) is 0 Å². The van der Waals surface area contributed by atoms with Crippen LogP contribution >= 0.6 is 0 Å². The predicted molar refractivity (Wildman–Crippen MR) is 200 cm³/mol. The second kappa shape index (κ2) is 13.8. The third-order valence-electron chi connectivity index (χ3n) is 18.4. The Morgan fingerprint density at radius 1 is 0.375 bits per heavy atom. The van der Waals surface area contributed by atoms with Crippen LogP contribution in [0.25, 0.3) is 0 Å². The van der Waals surface area contributed by atoms with Gasteiger partial charge in [-0.3, -0.25) is 4.90 Å². The van der Waals surface area contributed by atoms with Gasteiger partial charge in [-0.2, -0.15) is 0 Å². The molecule has 2 nitrogen and oxygen atoms in total. The van der Waals surface area contributed by atoms with E-state index >= 15 is 0 Å². The summed E-state index contributed by atoms with van der Waals surface area (Å²) in [5.41, 5.74) is 4.02. The summed E-state index contributed by atoms with van der Waals surface area (Å²) in [6.45, 7) is 0. The van der Waals surface area contributed by atoms with Gasteiger partial charge >= 0.3 is 0 Å². The summed E-state index contributed by atoms with van der Waals surface area (Å²) < 4.78 is 0. The van der Waals surface area contributed by atoms with Gasteiger partial charge in [0.05, 0.1) is 0 Å². The van der Waals surface area contributed by atoms with Crippen LogP contribution in [0.15, 0.2) is 11.3 Å². The lowest BCUT2D eigenvalue weighted by Gasteiger charge is -2.50. The van der Waals surface area contributed by atoms with E-state index in [4.69, 9.17) is 0 Å². The summed E-state index contributed by atoms with van der Waals surface area (Å²) in [6, 6.07) is 4.57. The quantitative estimate of drug-likeness (QED) is 0.298. The molecule has 0 bridgehead atoms. The molecule has 0 amide bonds. The number of hydrogen-bond donors (Lipinski definition) is 0. The van der Waals surface area contributed by atoms with Gasteiger partial charge in [-0.05, 0) is 156 Å². The number of nitrogens with zero attached hydrogens (tertiary/aromatic N) is 2. The first-order valence-electron chi connectivity index (χ1n) is 23.1. The molecule has 11 unspecified atom stereocenters. The minimum Gasteiger partial charge on any atom is -0.368 e. The highest BCUT2D eigenvalue weighted by Gasteiger charge is 2.61. The van der Waals surface area contributed by atoms with E-state index in [1.807, 2.05) is 5.70 Å². The molecule has 10 rings (SSSR count). The van der Waals surface area contributed by atoms with Gasteiger partial charge < -0.3 is 4.90 Å². The van der Waals surface area contributed by atoms with Gasteiger partial charge in [0.15, 0.2) is 0 Å². The monoisotopic (exact) mass is 655 g/mol. The van der Waals surface area contributed by atoms with E-state index in [1.54, 1.807) is 116 Å². The molecule has 10 aliphatic rings. The summed E-state index contributed by atoms with van der Waals surface area (Å²) >= 11 is 0. The first kappa shape index (κ1) is 32.2. The normalized spacial score (nSPS) is 48.8. The van der Waals surface area contributed by atoms with E-state index < -0.39 is 0 Å². The van der Waals surface area contributed by atoms with E-state index in [0.717, 1.165) is 83.5 Å². The summed E-state index contributed by atoms with van der Waals surface area (Å²) in [4.78, 5) is 6.66. The van der Waals surface area contributed by atoms with Crippen molar-refractivity contribution in [2.75, 3.05) is 0 Å². The summed E-state index contributed by atoms with van der Waals surface area (Å²) in [6.07, 6.45) is 46.3. The number of likely N-dealkylation sites (tertiary alicyclic amines) is 1. The highest BCUT2D eigenvalue weighted by atomic mass is 15.3. The van der Waals surface area contributed by atoms with Crippen molar-refractivity contribution < 1.29 is 0 Å². The average molecular weight is 655 g/mol. The zero-order chi connectivity index (χ0) is 31.6. The molecular formula is C46H74N2. The minimum absolute atomic E-state index is 0.886. The molecule has 2 heteroatoms. The van der Waals surface area contributed by atoms with Crippen LogP contribution in [0, 0.1) is 53.3 Å². The smallest absolute Gasteiger partial charge is 0.0360 e. The summed E-state index contributed by atoms with van der Waals surface area (Å²) in [7, 11) is 0. The van der Waals surface area contributed by atoms with Crippen LogP contribution in [0.3, 0.4) is 0 Å². The fourth-order valence-electron chi connectivity index (χ4n) is 16.8. The van der Waals surface area contributed by atoms with Crippen LogP contribution in [-0.4, -0.2) is 40.0 Å². The first-order valence-corrected chi connectivity index (χ1v) is 23.1. The molecule has 268 valence electrons. The predicted octanol–water partition coefficient (Wildman–Crippen LogP) is 12.1. The molecule has 0 aromatic heterocycles. The molecule has 48 heavy (non-hydrogen) atoms. The van der Waals surface area contributed by atoms with Crippen molar-refractivity contribution >= 4 is 0 Å². The Labute approximate surface area is 296 Å². The highest BCUT2D eigenvalue weighted by Crippen LogP contribution is 2.61. The molecule has 11 atom stereocenters. The SMILES string of the molecule is C1CCC(C2CCC(N3C4=C(CCCC4)C4C5C6CCCCC6N(C6CCCC(C7CCCC8CCCCC87)C6)C5CCC43)CC2)CC1. The Morgan fingerprint density at radius 3 is 1.90 bits per heavy atom. The molecule has 8 aliphatic carbocycles. The van der Waals surface area contributed by atoms with Crippen molar-refractivity contribution in [1.82, 2.24) is 9.80 Å². The Balaban J connectivity index is 0.897. The molecule has 0 radical (unpaired) electrons. The van der Waals surface area contributed by atoms with E-state index in [1.165, 1.54) is 77.0 Å². The van der Waals surface area contributed by atoms with Crippen LogP contribution in [0.1, 0.15) is 193 Å². The van der Waals surface area contributed by atoms with Crippen LogP contribution < -0.4 is 0 Å². The van der Waals surface area contributed by atoms with Crippen LogP contribution in [0.5, 0.6) is 0 Å². The highest BCUT2D eigenvalue weighted by molar-refractivity contribution is 5.33. The van der Waals surface area contributed by atoms with Crippen molar-refractivity contribution in [1.29, 1.82) is 0 Å². The minimum atomic E-state index is 0.886. The average Bonchev–Trinajstić information content (AvgIpc) is 3.68. The van der Waals surface area contributed by atoms with Crippen LogP contribution in [-0.2, 0) is 0 Å². The molecule has 0 aromatic rings. The molecule has 1 saturated heterocycles. The van der Waals surface area contributed by atoms with Crippen molar-refractivity contribution in [3.8, 4) is 0 Å². The van der Waals surface area contributed by atoms with E-state index in [9.17, 15) is 0 Å².